The van der Waals surface area contributed by atoms with Crippen molar-refractivity contribution in [1.82, 2.24) is 15.5 Å². The van der Waals surface area contributed by atoms with Crippen molar-refractivity contribution in [3.05, 3.63) is 47.9 Å². The van der Waals surface area contributed by atoms with Crippen molar-refractivity contribution < 1.29 is 13.9 Å². The Balaban J connectivity index is 0.00000300. The zero-order valence-electron chi connectivity index (χ0n) is 17.3. The number of nitrogens with one attached hydrogen (secondary N) is 2. The Morgan fingerprint density at radius 3 is 2.52 bits per heavy atom. The molecule has 1 aliphatic heterocycles. The molecular formula is C21H31IN4O3. The number of benzene rings is 1. The molecule has 2 heterocycles. The second kappa shape index (κ2) is 11.9. The molecule has 0 aliphatic carbocycles. The average Bonchev–Trinajstić information content (AvgIpc) is 3.45. The van der Waals surface area contributed by atoms with Crippen LogP contribution in [0.1, 0.15) is 30.2 Å². The van der Waals surface area contributed by atoms with E-state index in [0.717, 1.165) is 48.4 Å². The third-order valence-corrected chi connectivity index (χ3v) is 5.05. The van der Waals surface area contributed by atoms with Gasteiger partial charge >= 0.3 is 0 Å². The number of furan rings is 1. The molecule has 7 nitrogen and oxygen atoms in total. The van der Waals surface area contributed by atoms with Crippen LogP contribution in [0.25, 0.3) is 0 Å². The van der Waals surface area contributed by atoms with Crippen molar-refractivity contribution >= 4 is 29.9 Å². The molecule has 1 aromatic carbocycles. The summed E-state index contributed by atoms with van der Waals surface area (Å²) in [4.78, 5) is 6.81. The molecule has 1 saturated heterocycles. The standard InChI is InChI=1S/C21H30N4O3.HI/c1-22-21(23-14-16-8-9-19(26-2)20(13-16)27-3)24-15-17(18-7-6-12-28-18)25-10-4-5-11-25;/h6-9,12-13,17H,4-5,10-11,14-15H2,1-3H3,(H2,22,23,24);1H. The van der Waals surface area contributed by atoms with E-state index >= 15 is 0 Å². The number of hydrogen-bond acceptors (Lipinski definition) is 5. The van der Waals surface area contributed by atoms with Gasteiger partial charge in [0, 0.05) is 20.1 Å². The van der Waals surface area contributed by atoms with Gasteiger partial charge in [-0.05, 0) is 55.8 Å². The van der Waals surface area contributed by atoms with Gasteiger partial charge in [0.05, 0.1) is 26.5 Å². The smallest absolute Gasteiger partial charge is 0.191 e. The fraction of sp³-hybridized carbons (Fsp3) is 0.476. The van der Waals surface area contributed by atoms with Crippen LogP contribution in [0.5, 0.6) is 11.5 Å². The van der Waals surface area contributed by atoms with Gasteiger partial charge in [-0.1, -0.05) is 6.07 Å². The number of hydrogen-bond donors (Lipinski definition) is 2. The number of halogens is 1. The first kappa shape index (κ1) is 23.3. The Labute approximate surface area is 189 Å². The molecule has 8 heteroatoms. The highest BCUT2D eigenvalue weighted by Gasteiger charge is 2.25. The lowest BCUT2D eigenvalue weighted by atomic mass is 10.2. The van der Waals surface area contributed by atoms with E-state index in [4.69, 9.17) is 13.9 Å². The topological polar surface area (TPSA) is 71.3 Å². The zero-order valence-corrected chi connectivity index (χ0v) is 19.6. The molecule has 1 fully saturated rings. The van der Waals surface area contributed by atoms with E-state index in [1.54, 1.807) is 27.5 Å². The van der Waals surface area contributed by atoms with E-state index in [9.17, 15) is 0 Å². The Morgan fingerprint density at radius 2 is 1.90 bits per heavy atom. The lowest BCUT2D eigenvalue weighted by Crippen LogP contribution is -2.42. The third kappa shape index (κ3) is 6.27. The first-order valence-corrected chi connectivity index (χ1v) is 9.68. The summed E-state index contributed by atoms with van der Waals surface area (Å²) in [5, 5.41) is 6.80. The van der Waals surface area contributed by atoms with Gasteiger partial charge < -0.3 is 24.5 Å². The molecule has 0 saturated carbocycles. The SMILES string of the molecule is CN=C(NCc1ccc(OC)c(OC)c1)NCC(c1ccco1)N1CCCC1.I. The maximum Gasteiger partial charge on any atom is 0.191 e. The molecule has 0 spiro atoms. The summed E-state index contributed by atoms with van der Waals surface area (Å²) in [7, 11) is 5.06. The van der Waals surface area contributed by atoms with Gasteiger partial charge in [0.25, 0.3) is 0 Å². The molecule has 2 N–H and O–H groups in total. The van der Waals surface area contributed by atoms with Crippen molar-refractivity contribution in [3.8, 4) is 11.5 Å². The van der Waals surface area contributed by atoms with E-state index in [2.05, 4.69) is 20.5 Å². The van der Waals surface area contributed by atoms with Crippen LogP contribution >= 0.6 is 24.0 Å². The van der Waals surface area contributed by atoms with Crippen molar-refractivity contribution in [2.24, 2.45) is 4.99 Å². The van der Waals surface area contributed by atoms with E-state index in [1.165, 1.54) is 12.8 Å². The third-order valence-electron chi connectivity index (χ3n) is 5.05. The highest BCUT2D eigenvalue weighted by molar-refractivity contribution is 14.0. The van der Waals surface area contributed by atoms with Crippen LogP contribution in [-0.2, 0) is 6.54 Å². The largest absolute Gasteiger partial charge is 0.493 e. The first-order chi connectivity index (χ1) is 13.7. The predicted octanol–water partition coefficient (Wildman–Crippen LogP) is 3.42. The molecule has 0 radical (unpaired) electrons. The van der Waals surface area contributed by atoms with Crippen molar-refractivity contribution in [2.75, 3.05) is 40.9 Å². The second-order valence-electron chi connectivity index (χ2n) is 6.77. The maximum atomic E-state index is 5.68. The fourth-order valence-electron chi connectivity index (χ4n) is 3.53. The Hall–Kier alpha value is -1.94. The molecule has 29 heavy (non-hydrogen) atoms. The molecule has 1 aliphatic rings. The summed E-state index contributed by atoms with van der Waals surface area (Å²) >= 11 is 0. The highest BCUT2D eigenvalue weighted by atomic mass is 127. The van der Waals surface area contributed by atoms with Crippen LogP contribution < -0.4 is 20.1 Å². The summed E-state index contributed by atoms with van der Waals surface area (Å²) < 4.78 is 16.3. The summed E-state index contributed by atoms with van der Waals surface area (Å²) in [5.74, 6) is 3.19. The van der Waals surface area contributed by atoms with E-state index < -0.39 is 0 Å². The number of ether oxygens (including phenoxy) is 2. The second-order valence-corrected chi connectivity index (χ2v) is 6.77. The molecular weight excluding hydrogens is 483 g/mol. The average molecular weight is 514 g/mol. The van der Waals surface area contributed by atoms with Crippen LogP contribution in [0.3, 0.4) is 0 Å². The van der Waals surface area contributed by atoms with Gasteiger partial charge in [0.15, 0.2) is 17.5 Å². The van der Waals surface area contributed by atoms with Gasteiger partial charge in [-0.2, -0.15) is 0 Å². The quantitative estimate of drug-likeness (QED) is 0.320. The Morgan fingerprint density at radius 1 is 1.14 bits per heavy atom. The van der Waals surface area contributed by atoms with E-state index in [-0.39, 0.29) is 30.0 Å². The van der Waals surface area contributed by atoms with Gasteiger partial charge in [-0.15, -0.1) is 24.0 Å². The van der Waals surface area contributed by atoms with Crippen molar-refractivity contribution in [3.63, 3.8) is 0 Å². The van der Waals surface area contributed by atoms with Gasteiger partial charge in [-0.25, -0.2) is 0 Å². The summed E-state index contributed by atoms with van der Waals surface area (Å²) in [5.41, 5.74) is 1.09. The molecule has 1 aromatic heterocycles. The summed E-state index contributed by atoms with van der Waals surface area (Å²) in [6, 6.07) is 10.1. The fourth-order valence-corrected chi connectivity index (χ4v) is 3.53. The predicted molar refractivity (Wildman–Crippen MR) is 125 cm³/mol. The maximum absolute atomic E-state index is 5.68. The molecule has 2 aromatic rings. The monoisotopic (exact) mass is 514 g/mol. The van der Waals surface area contributed by atoms with Gasteiger partial charge in [-0.3, -0.25) is 9.89 Å². The van der Waals surface area contributed by atoms with Crippen LogP contribution in [0, 0.1) is 0 Å². The van der Waals surface area contributed by atoms with Crippen molar-refractivity contribution in [1.29, 1.82) is 0 Å². The highest BCUT2D eigenvalue weighted by Crippen LogP contribution is 2.27. The number of aliphatic imine (C=N–C) groups is 1. The van der Waals surface area contributed by atoms with Crippen LogP contribution in [0.15, 0.2) is 46.0 Å². The van der Waals surface area contributed by atoms with Gasteiger partial charge in [0.1, 0.15) is 5.76 Å². The molecule has 1 atom stereocenters. The van der Waals surface area contributed by atoms with Crippen molar-refractivity contribution in [2.45, 2.75) is 25.4 Å². The Bertz CT molecular complexity index is 761. The van der Waals surface area contributed by atoms with E-state index in [0.29, 0.717) is 6.54 Å². The normalized spacial score (nSPS) is 15.5. The molecule has 0 amide bonds. The number of methoxy groups -OCH3 is 2. The lowest BCUT2D eigenvalue weighted by molar-refractivity contribution is 0.215. The number of rotatable bonds is 8. The molecule has 1 unspecified atom stereocenters. The summed E-state index contributed by atoms with van der Waals surface area (Å²) in [6.45, 7) is 3.57. The van der Waals surface area contributed by atoms with Crippen LogP contribution in [-0.4, -0.2) is 51.8 Å². The van der Waals surface area contributed by atoms with Gasteiger partial charge in [0.2, 0.25) is 0 Å². The minimum Gasteiger partial charge on any atom is -0.493 e. The minimum atomic E-state index is 0. The first-order valence-electron chi connectivity index (χ1n) is 9.68. The zero-order chi connectivity index (χ0) is 19.8. The number of likely N-dealkylation sites (tertiary alicyclic amines) is 1. The van der Waals surface area contributed by atoms with Crippen LogP contribution in [0.2, 0.25) is 0 Å². The molecule has 160 valence electrons. The number of nitrogens with zero attached hydrogens (tertiary/aromatic N) is 2. The number of guanidine groups is 1. The lowest BCUT2D eigenvalue weighted by Gasteiger charge is -2.26. The molecule has 0 bridgehead atoms. The minimum absolute atomic E-state index is 0. The Kier molecular flexibility index (Phi) is 9.59. The molecule has 3 rings (SSSR count). The van der Waals surface area contributed by atoms with E-state index in [1.807, 2.05) is 30.3 Å². The summed E-state index contributed by atoms with van der Waals surface area (Å²) in [6.07, 6.45) is 4.22. The van der Waals surface area contributed by atoms with Crippen LogP contribution in [0.4, 0.5) is 0 Å².